The largest absolute Gasteiger partial charge is 0.508 e. The average Bonchev–Trinajstić information content (AvgIpc) is 2.85. The number of Topliss-reactive ketones (excluding diaryl/α,β-unsaturated/α-hetero) is 1. The molecule has 0 spiro atoms. The summed E-state index contributed by atoms with van der Waals surface area (Å²) in [6.07, 6.45) is 2.30. The minimum atomic E-state index is -0.0270. The van der Waals surface area contributed by atoms with Crippen molar-refractivity contribution in [2.24, 2.45) is 0 Å². The molecule has 2 aromatic rings. The predicted octanol–water partition coefficient (Wildman–Crippen LogP) is 2.99. The number of carbonyl (C=O) groups excluding carboxylic acids is 1. The number of benzene rings is 2. The highest BCUT2D eigenvalue weighted by Gasteiger charge is 2.27. The van der Waals surface area contributed by atoms with Crippen LogP contribution in [0.1, 0.15) is 21.5 Å². The minimum Gasteiger partial charge on any atom is -0.508 e. The SMILES string of the molecule is O=C1/C(=C\c2ccc3c(c2)OCCO3)Cc2c(O)cccc21. The maximum Gasteiger partial charge on any atom is 0.189 e. The van der Waals surface area contributed by atoms with Crippen LogP contribution in [0.4, 0.5) is 0 Å². The average molecular weight is 294 g/mol. The highest BCUT2D eigenvalue weighted by atomic mass is 16.6. The quantitative estimate of drug-likeness (QED) is 0.822. The highest BCUT2D eigenvalue weighted by molar-refractivity contribution is 6.16. The van der Waals surface area contributed by atoms with Crippen LogP contribution in [0.15, 0.2) is 42.0 Å². The van der Waals surface area contributed by atoms with Gasteiger partial charge in [0.25, 0.3) is 0 Å². The third-order valence-electron chi connectivity index (χ3n) is 3.96. The van der Waals surface area contributed by atoms with Gasteiger partial charge >= 0.3 is 0 Å². The number of rotatable bonds is 1. The first kappa shape index (κ1) is 13.0. The normalized spacial score (nSPS) is 17.6. The number of aromatic hydroxyl groups is 1. The van der Waals surface area contributed by atoms with Gasteiger partial charge in [-0.3, -0.25) is 4.79 Å². The Balaban J connectivity index is 1.70. The van der Waals surface area contributed by atoms with E-state index in [1.54, 1.807) is 18.2 Å². The van der Waals surface area contributed by atoms with Crippen molar-refractivity contribution in [1.82, 2.24) is 0 Å². The summed E-state index contributed by atoms with van der Waals surface area (Å²) >= 11 is 0. The molecule has 2 aromatic carbocycles. The Morgan fingerprint density at radius 2 is 1.86 bits per heavy atom. The van der Waals surface area contributed by atoms with Crippen LogP contribution in [0.2, 0.25) is 0 Å². The standard InChI is InChI=1S/C18H14O4/c19-15-3-1-2-13-14(15)10-12(18(13)20)8-11-4-5-16-17(9-11)22-7-6-21-16/h1-5,8-9,19H,6-7,10H2/b12-8-. The topological polar surface area (TPSA) is 55.8 Å². The van der Waals surface area contributed by atoms with E-state index in [2.05, 4.69) is 0 Å². The number of allylic oxidation sites excluding steroid dienone is 1. The molecule has 1 aliphatic heterocycles. The zero-order valence-corrected chi connectivity index (χ0v) is 11.8. The Kier molecular flexibility index (Phi) is 2.89. The molecule has 4 heteroatoms. The van der Waals surface area contributed by atoms with E-state index in [1.165, 1.54) is 0 Å². The lowest BCUT2D eigenvalue weighted by atomic mass is 10.1. The molecule has 110 valence electrons. The predicted molar refractivity (Wildman–Crippen MR) is 81.6 cm³/mol. The molecule has 4 nitrogen and oxygen atoms in total. The van der Waals surface area contributed by atoms with Crippen molar-refractivity contribution in [3.8, 4) is 17.2 Å². The third-order valence-corrected chi connectivity index (χ3v) is 3.96. The summed E-state index contributed by atoms with van der Waals surface area (Å²) < 4.78 is 11.0. The number of hydrogen-bond donors (Lipinski definition) is 1. The lowest BCUT2D eigenvalue weighted by molar-refractivity contribution is 0.104. The van der Waals surface area contributed by atoms with Gasteiger partial charge in [-0.05, 0) is 29.8 Å². The zero-order valence-electron chi connectivity index (χ0n) is 11.8. The fourth-order valence-corrected chi connectivity index (χ4v) is 2.88. The Hall–Kier alpha value is -2.75. The van der Waals surface area contributed by atoms with Gasteiger partial charge in [0.2, 0.25) is 0 Å². The van der Waals surface area contributed by atoms with Crippen LogP contribution in [0.5, 0.6) is 17.2 Å². The Labute approximate surface area is 127 Å². The van der Waals surface area contributed by atoms with E-state index in [0.717, 1.165) is 11.3 Å². The van der Waals surface area contributed by atoms with Gasteiger partial charge in [0.05, 0.1) is 0 Å². The first-order valence-corrected chi connectivity index (χ1v) is 7.18. The number of ether oxygens (including phenoxy) is 2. The van der Waals surface area contributed by atoms with Gasteiger partial charge in [0.15, 0.2) is 17.3 Å². The van der Waals surface area contributed by atoms with Crippen LogP contribution in [0, 0.1) is 0 Å². The van der Waals surface area contributed by atoms with E-state index in [4.69, 9.17) is 9.47 Å². The molecule has 1 heterocycles. The molecule has 0 radical (unpaired) electrons. The molecule has 0 saturated carbocycles. The molecule has 0 unspecified atom stereocenters. The van der Waals surface area contributed by atoms with Crippen LogP contribution in [0.3, 0.4) is 0 Å². The number of phenolic OH excluding ortho intramolecular Hbond substituents is 1. The van der Waals surface area contributed by atoms with E-state index >= 15 is 0 Å². The lowest BCUT2D eigenvalue weighted by Gasteiger charge is -2.18. The molecule has 0 atom stereocenters. The summed E-state index contributed by atoms with van der Waals surface area (Å²) in [6, 6.07) is 10.7. The van der Waals surface area contributed by atoms with Crippen molar-refractivity contribution in [3.63, 3.8) is 0 Å². The summed E-state index contributed by atoms with van der Waals surface area (Å²) in [7, 11) is 0. The fourth-order valence-electron chi connectivity index (χ4n) is 2.88. The number of phenols is 1. The van der Waals surface area contributed by atoms with Crippen LogP contribution in [0.25, 0.3) is 6.08 Å². The van der Waals surface area contributed by atoms with Gasteiger partial charge < -0.3 is 14.6 Å². The van der Waals surface area contributed by atoms with E-state index in [0.29, 0.717) is 42.1 Å². The summed E-state index contributed by atoms with van der Waals surface area (Å²) in [5, 5.41) is 9.88. The summed E-state index contributed by atoms with van der Waals surface area (Å²) in [6.45, 7) is 1.09. The maximum atomic E-state index is 12.4. The molecule has 4 rings (SSSR count). The molecule has 22 heavy (non-hydrogen) atoms. The second kappa shape index (κ2) is 4.91. The Bertz CT molecular complexity index is 805. The molecule has 0 saturated heterocycles. The van der Waals surface area contributed by atoms with Crippen molar-refractivity contribution in [2.75, 3.05) is 13.2 Å². The Morgan fingerprint density at radius 3 is 2.68 bits per heavy atom. The van der Waals surface area contributed by atoms with Gasteiger partial charge in [-0.15, -0.1) is 0 Å². The maximum absolute atomic E-state index is 12.4. The molecule has 2 aliphatic rings. The monoisotopic (exact) mass is 294 g/mol. The van der Waals surface area contributed by atoms with E-state index < -0.39 is 0 Å². The van der Waals surface area contributed by atoms with Gasteiger partial charge in [-0.1, -0.05) is 18.2 Å². The zero-order chi connectivity index (χ0) is 15.1. The molecule has 0 bridgehead atoms. The third kappa shape index (κ3) is 2.04. The van der Waals surface area contributed by atoms with Crippen molar-refractivity contribution < 1.29 is 19.4 Å². The molecule has 1 N–H and O–H groups in total. The van der Waals surface area contributed by atoms with Crippen LogP contribution < -0.4 is 9.47 Å². The number of fused-ring (bicyclic) bond motifs is 2. The van der Waals surface area contributed by atoms with Crippen molar-refractivity contribution >= 4 is 11.9 Å². The minimum absolute atomic E-state index is 0.0270. The van der Waals surface area contributed by atoms with E-state index in [1.807, 2.05) is 24.3 Å². The van der Waals surface area contributed by atoms with Crippen molar-refractivity contribution in [2.45, 2.75) is 6.42 Å². The van der Waals surface area contributed by atoms with Crippen molar-refractivity contribution in [3.05, 3.63) is 58.7 Å². The van der Waals surface area contributed by atoms with Gasteiger partial charge in [0, 0.05) is 23.1 Å². The number of hydrogen-bond acceptors (Lipinski definition) is 4. The van der Waals surface area contributed by atoms with Crippen LogP contribution >= 0.6 is 0 Å². The first-order valence-electron chi connectivity index (χ1n) is 7.18. The lowest BCUT2D eigenvalue weighted by Crippen LogP contribution is -2.15. The molecular weight excluding hydrogens is 280 g/mol. The van der Waals surface area contributed by atoms with Gasteiger partial charge in [-0.25, -0.2) is 0 Å². The molecule has 1 aliphatic carbocycles. The van der Waals surface area contributed by atoms with Crippen molar-refractivity contribution in [1.29, 1.82) is 0 Å². The van der Waals surface area contributed by atoms with Crippen LogP contribution in [-0.2, 0) is 6.42 Å². The van der Waals surface area contributed by atoms with E-state index in [-0.39, 0.29) is 11.5 Å². The molecule has 0 amide bonds. The molecule has 0 fully saturated rings. The summed E-state index contributed by atoms with van der Waals surface area (Å²) in [4.78, 5) is 12.4. The Morgan fingerprint density at radius 1 is 1.05 bits per heavy atom. The molecular formula is C18H14O4. The summed E-state index contributed by atoms with van der Waals surface area (Å²) in [5.41, 5.74) is 2.85. The fraction of sp³-hybridized carbons (Fsp3) is 0.167. The first-order chi connectivity index (χ1) is 10.7. The second-order valence-corrected chi connectivity index (χ2v) is 5.38. The number of ketones is 1. The van der Waals surface area contributed by atoms with E-state index in [9.17, 15) is 9.90 Å². The number of carbonyl (C=O) groups is 1. The second-order valence-electron chi connectivity index (χ2n) is 5.38. The van der Waals surface area contributed by atoms with Gasteiger partial charge in [0.1, 0.15) is 19.0 Å². The molecule has 0 aromatic heterocycles. The smallest absolute Gasteiger partial charge is 0.189 e. The van der Waals surface area contributed by atoms with Crippen LogP contribution in [-0.4, -0.2) is 24.1 Å². The highest BCUT2D eigenvalue weighted by Crippen LogP contribution is 2.35. The summed E-state index contributed by atoms with van der Waals surface area (Å²) in [5.74, 6) is 1.58. The van der Waals surface area contributed by atoms with Gasteiger partial charge in [-0.2, -0.15) is 0 Å².